The Morgan fingerprint density at radius 1 is 1.50 bits per heavy atom. The number of hydrogen-bond donors (Lipinski definition) is 0. The average molecular weight is 237 g/mol. The Balaban J connectivity index is 2.16. The first-order valence-electron chi connectivity index (χ1n) is 5.57. The maximum atomic E-state index is 11.8. The number of carbonyl (C=O) groups excluding carboxylic acids is 2. The summed E-state index contributed by atoms with van der Waals surface area (Å²) in [5, 5.41) is 2.03. The van der Waals surface area contributed by atoms with Gasteiger partial charge in [-0.2, -0.15) is 0 Å². The van der Waals surface area contributed by atoms with Gasteiger partial charge in [0.15, 0.2) is 0 Å². The van der Waals surface area contributed by atoms with Crippen LogP contribution in [0.1, 0.15) is 37.1 Å². The fourth-order valence-electron chi connectivity index (χ4n) is 2.11. The van der Waals surface area contributed by atoms with E-state index in [1.54, 1.807) is 11.3 Å². The van der Waals surface area contributed by atoms with Crippen LogP contribution in [-0.4, -0.2) is 23.1 Å². The molecule has 2 rings (SSSR count). The predicted molar refractivity (Wildman–Crippen MR) is 63.3 cm³/mol. The number of piperidine rings is 1. The highest BCUT2D eigenvalue weighted by Gasteiger charge is 2.29. The highest BCUT2D eigenvalue weighted by atomic mass is 32.1. The third-order valence-electron chi connectivity index (χ3n) is 2.93. The highest BCUT2D eigenvalue weighted by molar-refractivity contribution is 7.10. The molecule has 1 aromatic rings. The molecule has 1 atom stereocenters. The molecular weight excluding hydrogens is 222 g/mol. The number of nitrogens with zero attached hydrogens (tertiary/aromatic N) is 1. The molecule has 0 aliphatic carbocycles. The molecule has 0 aromatic carbocycles. The van der Waals surface area contributed by atoms with Crippen molar-refractivity contribution < 1.29 is 9.59 Å². The Hall–Kier alpha value is -1.16. The van der Waals surface area contributed by atoms with Gasteiger partial charge in [-0.1, -0.05) is 13.0 Å². The summed E-state index contributed by atoms with van der Waals surface area (Å²) < 4.78 is 0. The molecule has 1 unspecified atom stereocenters. The number of carbonyl (C=O) groups is 2. The smallest absolute Gasteiger partial charge is 0.230 e. The topological polar surface area (TPSA) is 37.4 Å². The number of likely N-dealkylation sites (tertiary alicyclic amines) is 1. The lowest BCUT2D eigenvalue weighted by atomic mass is 10.0. The second kappa shape index (κ2) is 4.78. The first-order valence-corrected chi connectivity index (χ1v) is 6.45. The van der Waals surface area contributed by atoms with E-state index in [-0.39, 0.29) is 24.2 Å². The van der Waals surface area contributed by atoms with Gasteiger partial charge in [-0.05, 0) is 17.9 Å². The standard InChI is InChI=1S/C12H15NO2S/c1-2-10(11-4-3-7-16-11)13-6-5-9(14)8-12(13)15/h3-4,7,10H,2,5-6,8H2,1H3. The summed E-state index contributed by atoms with van der Waals surface area (Å²) in [6.45, 7) is 2.65. The predicted octanol–water partition coefficient (Wildman–Crippen LogP) is 2.39. The van der Waals surface area contributed by atoms with Gasteiger partial charge in [0.2, 0.25) is 5.91 Å². The summed E-state index contributed by atoms with van der Waals surface area (Å²) in [5.41, 5.74) is 0. The van der Waals surface area contributed by atoms with Crippen molar-refractivity contribution >= 4 is 23.0 Å². The molecule has 1 saturated heterocycles. The van der Waals surface area contributed by atoms with Crippen LogP contribution < -0.4 is 0 Å². The van der Waals surface area contributed by atoms with Crippen LogP contribution in [0.25, 0.3) is 0 Å². The van der Waals surface area contributed by atoms with E-state index in [2.05, 4.69) is 13.0 Å². The van der Waals surface area contributed by atoms with Gasteiger partial charge >= 0.3 is 0 Å². The molecule has 86 valence electrons. The van der Waals surface area contributed by atoms with E-state index in [0.717, 1.165) is 6.42 Å². The number of rotatable bonds is 3. The summed E-state index contributed by atoms with van der Waals surface area (Å²) in [7, 11) is 0. The van der Waals surface area contributed by atoms with Crippen molar-refractivity contribution in [3.63, 3.8) is 0 Å². The molecule has 16 heavy (non-hydrogen) atoms. The molecule has 0 radical (unpaired) electrons. The van der Waals surface area contributed by atoms with E-state index in [0.29, 0.717) is 13.0 Å². The van der Waals surface area contributed by atoms with Gasteiger partial charge in [-0.25, -0.2) is 0 Å². The zero-order valence-corrected chi connectivity index (χ0v) is 10.1. The number of ketones is 1. The van der Waals surface area contributed by atoms with Crippen LogP contribution in [0.5, 0.6) is 0 Å². The minimum Gasteiger partial charge on any atom is -0.334 e. The average Bonchev–Trinajstić information content (AvgIpc) is 2.75. The maximum absolute atomic E-state index is 11.8. The van der Waals surface area contributed by atoms with Crippen LogP contribution >= 0.6 is 11.3 Å². The van der Waals surface area contributed by atoms with Gasteiger partial charge in [0.25, 0.3) is 0 Å². The van der Waals surface area contributed by atoms with Crippen molar-refractivity contribution in [2.24, 2.45) is 0 Å². The first kappa shape index (κ1) is 11.3. The van der Waals surface area contributed by atoms with Gasteiger partial charge < -0.3 is 4.90 Å². The van der Waals surface area contributed by atoms with Crippen LogP contribution in [0.2, 0.25) is 0 Å². The first-order chi connectivity index (χ1) is 7.72. The molecule has 1 fully saturated rings. The lowest BCUT2D eigenvalue weighted by molar-refractivity contribution is -0.141. The monoisotopic (exact) mass is 237 g/mol. The molecule has 0 N–H and O–H groups in total. The van der Waals surface area contributed by atoms with Crippen molar-refractivity contribution in [3.8, 4) is 0 Å². The van der Waals surface area contributed by atoms with Gasteiger partial charge in [-0.3, -0.25) is 9.59 Å². The van der Waals surface area contributed by atoms with E-state index in [9.17, 15) is 9.59 Å². The molecule has 2 heterocycles. The molecule has 0 spiro atoms. The van der Waals surface area contributed by atoms with E-state index >= 15 is 0 Å². The van der Waals surface area contributed by atoms with Crippen molar-refractivity contribution in [2.45, 2.75) is 32.2 Å². The molecule has 1 aliphatic heterocycles. The number of hydrogen-bond acceptors (Lipinski definition) is 3. The van der Waals surface area contributed by atoms with Crippen LogP contribution in [0.3, 0.4) is 0 Å². The number of amides is 1. The summed E-state index contributed by atoms with van der Waals surface area (Å²) in [5.74, 6) is 0.0544. The van der Waals surface area contributed by atoms with Crippen LogP contribution in [0, 0.1) is 0 Å². The number of thiophene rings is 1. The summed E-state index contributed by atoms with van der Waals surface area (Å²) in [6, 6.07) is 4.21. The molecule has 0 bridgehead atoms. The van der Waals surface area contributed by atoms with Crippen LogP contribution in [0.15, 0.2) is 17.5 Å². The summed E-state index contributed by atoms with van der Waals surface area (Å²) >= 11 is 1.67. The van der Waals surface area contributed by atoms with Gasteiger partial charge in [0, 0.05) is 17.8 Å². The van der Waals surface area contributed by atoms with Crippen molar-refractivity contribution in [1.82, 2.24) is 4.90 Å². The molecule has 1 aliphatic rings. The minimum atomic E-state index is -0.0171. The van der Waals surface area contributed by atoms with Crippen LogP contribution in [-0.2, 0) is 9.59 Å². The van der Waals surface area contributed by atoms with Crippen molar-refractivity contribution in [2.75, 3.05) is 6.54 Å². The minimum absolute atomic E-state index is 0.0171. The van der Waals surface area contributed by atoms with Crippen LogP contribution in [0.4, 0.5) is 0 Å². The van der Waals surface area contributed by atoms with E-state index in [4.69, 9.17) is 0 Å². The molecule has 4 heteroatoms. The third kappa shape index (κ3) is 2.16. The molecule has 0 saturated carbocycles. The fraction of sp³-hybridized carbons (Fsp3) is 0.500. The molecular formula is C12H15NO2S. The van der Waals surface area contributed by atoms with E-state index in [1.165, 1.54) is 4.88 Å². The second-order valence-electron chi connectivity index (χ2n) is 3.99. The zero-order valence-electron chi connectivity index (χ0n) is 9.31. The Labute approximate surface area is 99.1 Å². The van der Waals surface area contributed by atoms with Gasteiger partial charge in [-0.15, -0.1) is 11.3 Å². The zero-order chi connectivity index (χ0) is 11.5. The Morgan fingerprint density at radius 2 is 2.31 bits per heavy atom. The van der Waals surface area contributed by atoms with Crippen molar-refractivity contribution in [1.29, 1.82) is 0 Å². The summed E-state index contributed by atoms with van der Waals surface area (Å²) in [4.78, 5) is 26.0. The molecule has 3 nitrogen and oxygen atoms in total. The summed E-state index contributed by atoms with van der Waals surface area (Å²) in [6.07, 6.45) is 1.50. The molecule has 1 aromatic heterocycles. The maximum Gasteiger partial charge on any atom is 0.230 e. The van der Waals surface area contributed by atoms with Gasteiger partial charge in [0.05, 0.1) is 12.5 Å². The Morgan fingerprint density at radius 3 is 2.88 bits per heavy atom. The van der Waals surface area contributed by atoms with E-state index in [1.807, 2.05) is 16.3 Å². The Kier molecular flexibility index (Phi) is 3.39. The SMILES string of the molecule is CCC(c1cccs1)N1CCC(=O)CC1=O. The van der Waals surface area contributed by atoms with Gasteiger partial charge in [0.1, 0.15) is 5.78 Å². The molecule has 1 amide bonds. The lowest BCUT2D eigenvalue weighted by Gasteiger charge is -2.33. The normalized spacial score (nSPS) is 18.9. The van der Waals surface area contributed by atoms with Crippen molar-refractivity contribution in [3.05, 3.63) is 22.4 Å². The quantitative estimate of drug-likeness (QED) is 0.757. The largest absolute Gasteiger partial charge is 0.334 e. The third-order valence-corrected chi connectivity index (χ3v) is 3.91. The van der Waals surface area contributed by atoms with E-state index < -0.39 is 0 Å². The Bertz CT molecular complexity index is 386. The second-order valence-corrected chi connectivity index (χ2v) is 4.97. The number of Topliss-reactive ketones (excluding diaryl/α,β-unsaturated/α-hetero) is 1. The highest BCUT2D eigenvalue weighted by Crippen LogP contribution is 2.30. The fourth-order valence-corrected chi connectivity index (χ4v) is 3.04. The lowest BCUT2D eigenvalue weighted by Crippen LogP contribution is -2.41.